The summed E-state index contributed by atoms with van der Waals surface area (Å²) in [4.78, 5) is 12.1. The summed E-state index contributed by atoms with van der Waals surface area (Å²) < 4.78 is 10.9. The standard InChI is InChI=1S/C17H14O4/c18-10-12-5-7-14(8-6-12)20-11-15(19)17-9-13-3-1-2-4-16(13)21-17/h1-9,18H,10-11H2. The zero-order valence-electron chi connectivity index (χ0n) is 11.3. The van der Waals surface area contributed by atoms with Crippen LogP contribution in [0.15, 0.2) is 59.0 Å². The van der Waals surface area contributed by atoms with E-state index in [-0.39, 0.29) is 19.0 Å². The summed E-state index contributed by atoms with van der Waals surface area (Å²) in [7, 11) is 0. The Hall–Kier alpha value is -2.59. The average molecular weight is 282 g/mol. The molecule has 0 bridgehead atoms. The third kappa shape index (κ3) is 2.95. The first-order chi connectivity index (χ1) is 10.3. The molecule has 0 spiro atoms. The number of aliphatic hydroxyl groups is 1. The molecule has 0 atom stereocenters. The minimum atomic E-state index is -0.211. The maximum absolute atomic E-state index is 12.1. The number of carbonyl (C=O) groups is 1. The average Bonchev–Trinajstić information content (AvgIpc) is 2.97. The summed E-state index contributed by atoms with van der Waals surface area (Å²) in [6.07, 6.45) is 0. The number of rotatable bonds is 5. The zero-order chi connectivity index (χ0) is 14.7. The highest BCUT2D eigenvalue weighted by Gasteiger charge is 2.12. The lowest BCUT2D eigenvalue weighted by Gasteiger charge is -2.04. The molecule has 4 nitrogen and oxygen atoms in total. The Bertz CT molecular complexity index is 723. The van der Waals surface area contributed by atoms with Crippen LogP contribution in [0.25, 0.3) is 11.0 Å². The van der Waals surface area contributed by atoms with Crippen LogP contribution in [0, 0.1) is 0 Å². The van der Waals surface area contributed by atoms with Crippen LogP contribution in [0.2, 0.25) is 0 Å². The van der Waals surface area contributed by atoms with E-state index in [9.17, 15) is 4.79 Å². The largest absolute Gasteiger partial charge is 0.485 e. The van der Waals surface area contributed by atoms with E-state index in [4.69, 9.17) is 14.3 Å². The van der Waals surface area contributed by atoms with Gasteiger partial charge in [0, 0.05) is 5.39 Å². The van der Waals surface area contributed by atoms with Crippen molar-refractivity contribution in [1.29, 1.82) is 0 Å². The maximum atomic E-state index is 12.1. The van der Waals surface area contributed by atoms with Gasteiger partial charge in [0.2, 0.25) is 5.78 Å². The first kappa shape index (κ1) is 13.4. The van der Waals surface area contributed by atoms with Gasteiger partial charge in [-0.15, -0.1) is 0 Å². The van der Waals surface area contributed by atoms with Gasteiger partial charge in [0.05, 0.1) is 6.61 Å². The fourth-order valence-corrected chi connectivity index (χ4v) is 2.03. The monoisotopic (exact) mass is 282 g/mol. The Morgan fingerprint density at radius 1 is 1.10 bits per heavy atom. The Labute approximate surface area is 121 Å². The second-order valence-electron chi connectivity index (χ2n) is 4.66. The van der Waals surface area contributed by atoms with Crippen molar-refractivity contribution in [3.8, 4) is 5.75 Å². The lowest BCUT2D eigenvalue weighted by molar-refractivity contribution is 0.0896. The number of ketones is 1. The first-order valence-corrected chi connectivity index (χ1v) is 6.60. The predicted molar refractivity (Wildman–Crippen MR) is 78.4 cm³/mol. The topological polar surface area (TPSA) is 59.7 Å². The molecule has 0 unspecified atom stereocenters. The molecule has 1 heterocycles. The minimum Gasteiger partial charge on any atom is -0.485 e. The highest BCUT2D eigenvalue weighted by molar-refractivity contribution is 5.98. The van der Waals surface area contributed by atoms with Crippen LogP contribution < -0.4 is 4.74 Å². The molecule has 2 aromatic carbocycles. The predicted octanol–water partition coefficient (Wildman–Crippen LogP) is 3.19. The van der Waals surface area contributed by atoms with E-state index in [2.05, 4.69) is 0 Å². The molecule has 0 aliphatic rings. The third-order valence-corrected chi connectivity index (χ3v) is 3.18. The van der Waals surface area contributed by atoms with Crippen LogP contribution in [0.5, 0.6) is 5.75 Å². The van der Waals surface area contributed by atoms with Crippen LogP contribution in [-0.4, -0.2) is 17.5 Å². The number of Topliss-reactive ketones (excluding diaryl/α,β-unsaturated/α-hetero) is 1. The van der Waals surface area contributed by atoms with E-state index in [1.807, 2.05) is 24.3 Å². The molecule has 3 rings (SSSR count). The lowest BCUT2D eigenvalue weighted by Crippen LogP contribution is -2.10. The van der Waals surface area contributed by atoms with Crippen molar-refractivity contribution in [3.63, 3.8) is 0 Å². The Morgan fingerprint density at radius 3 is 2.57 bits per heavy atom. The van der Waals surface area contributed by atoms with Crippen LogP contribution in [-0.2, 0) is 6.61 Å². The van der Waals surface area contributed by atoms with Gasteiger partial charge in [0.1, 0.15) is 11.3 Å². The molecule has 1 N–H and O–H groups in total. The summed E-state index contributed by atoms with van der Waals surface area (Å²) >= 11 is 0. The van der Waals surface area contributed by atoms with Gasteiger partial charge in [-0.2, -0.15) is 0 Å². The fourth-order valence-electron chi connectivity index (χ4n) is 2.03. The van der Waals surface area contributed by atoms with Crippen LogP contribution >= 0.6 is 0 Å². The van der Waals surface area contributed by atoms with E-state index in [0.29, 0.717) is 17.1 Å². The van der Waals surface area contributed by atoms with E-state index < -0.39 is 0 Å². The molecule has 1 aromatic heterocycles. The maximum Gasteiger partial charge on any atom is 0.235 e. The van der Waals surface area contributed by atoms with Gasteiger partial charge in [-0.05, 0) is 29.8 Å². The van der Waals surface area contributed by atoms with Crippen LogP contribution in [0.1, 0.15) is 16.1 Å². The number of para-hydroxylation sites is 1. The number of fused-ring (bicyclic) bond motifs is 1. The molecule has 3 aromatic rings. The number of hydrogen-bond donors (Lipinski definition) is 1. The van der Waals surface area contributed by atoms with Crippen molar-refractivity contribution in [2.75, 3.05) is 6.61 Å². The minimum absolute atomic E-state index is 0.0157. The molecule has 0 aliphatic heterocycles. The van der Waals surface area contributed by atoms with Crippen LogP contribution in [0.3, 0.4) is 0 Å². The Kier molecular flexibility index (Phi) is 3.71. The summed E-state index contributed by atoms with van der Waals surface area (Å²) in [5, 5.41) is 9.85. The second kappa shape index (κ2) is 5.81. The lowest BCUT2D eigenvalue weighted by atomic mass is 10.2. The number of hydrogen-bond acceptors (Lipinski definition) is 4. The Morgan fingerprint density at radius 2 is 1.86 bits per heavy atom. The molecular formula is C17H14O4. The fraction of sp³-hybridized carbons (Fsp3) is 0.118. The van der Waals surface area contributed by atoms with Crippen molar-refractivity contribution in [3.05, 3.63) is 65.9 Å². The number of furan rings is 1. The number of ether oxygens (including phenoxy) is 1. The first-order valence-electron chi connectivity index (χ1n) is 6.60. The van der Waals surface area contributed by atoms with Crippen molar-refractivity contribution in [2.45, 2.75) is 6.61 Å². The van der Waals surface area contributed by atoms with E-state index in [1.54, 1.807) is 30.3 Å². The van der Waals surface area contributed by atoms with Gasteiger partial charge < -0.3 is 14.3 Å². The summed E-state index contributed by atoms with van der Waals surface area (Å²) in [6.45, 7) is -0.101. The molecule has 21 heavy (non-hydrogen) atoms. The van der Waals surface area contributed by atoms with Gasteiger partial charge in [0.25, 0.3) is 0 Å². The zero-order valence-corrected chi connectivity index (χ0v) is 11.3. The summed E-state index contributed by atoms with van der Waals surface area (Å²) in [5.74, 6) is 0.664. The van der Waals surface area contributed by atoms with Gasteiger partial charge in [-0.3, -0.25) is 4.79 Å². The van der Waals surface area contributed by atoms with Crippen molar-refractivity contribution in [1.82, 2.24) is 0 Å². The highest BCUT2D eigenvalue weighted by Crippen LogP contribution is 2.19. The molecule has 4 heteroatoms. The molecule has 0 amide bonds. The van der Waals surface area contributed by atoms with Gasteiger partial charge >= 0.3 is 0 Å². The second-order valence-corrected chi connectivity index (χ2v) is 4.66. The van der Waals surface area contributed by atoms with Crippen molar-refractivity contribution < 1.29 is 19.1 Å². The SMILES string of the molecule is O=C(COc1ccc(CO)cc1)c1cc2ccccc2o1. The molecule has 0 fully saturated rings. The number of carbonyl (C=O) groups excluding carboxylic acids is 1. The molecule has 0 aliphatic carbocycles. The number of aliphatic hydroxyl groups excluding tert-OH is 1. The van der Waals surface area contributed by atoms with Gasteiger partial charge in [-0.1, -0.05) is 30.3 Å². The van der Waals surface area contributed by atoms with Gasteiger partial charge in [0.15, 0.2) is 12.4 Å². The van der Waals surface area contributed by atoms with Crippen molar-refractivity contribution >= 4 is 16.8 Å². The molecule has 0 saturated carbocycles. The van der Waals surface area contributed by atoms with Crippen LogP contribution in [0.4, 0.5) is 0 Å². The molecule has 106 valence electrons. The summed E-state index contributed by atoms with van der Waals surface area (Å²) in [6, 6.07) is 16.1. The smallest absolute Gasteiger partial charge is 0.235 e. The van der Waals surface area contributed by atoms with Crippen molar-refractivity contribution in [2.24, 2.45) is 0 Å². The normalized spacial score (nSPS) is 10.7. The highest BCUT2D eigenvalue weighted by atomic mass is 16.5. The van der Waals surface area contributed by atoms with E-state index >= 15 is 0 Å². The molecule has 0 radical (unpaired) electrons. The van der Waals surface area contributed by atoms with E-state index in [1.165, 1.54) is 0 Å². The van der Waals surface area contributed by atoms with E-state index in [0.717, 1.165) is 10.9 Å². The molecular weight excluding hydrogens is 268 g/mol. The van der Waals surface area contributed by atoms with Gasteiger partial charge in [-0.25, -0.2) is 0 Å². The Balaban J connectivity index is 1.68. The molecule has 0 saturated heterocycles. The summed E-state index contributed by atoms with van der Waals surface area (Å²) in [5.41, 5.74) is 1.49. The quantitative estimate of drug-likeness (QED) is 0.730. The third-order valence-electron chi connectivity index (χ3n) is 3.18. The number of benzene rings is 2.